The molecule has 2 heterocycles. The summed E-state index contributed by atoms with van der Waals surface area (Å²) in [7, 11) is 0. The van der Waals surface area contributed by atoms with Crippen molar-refractivity contribution in [2.24, 2.45) is 28.6 Å². The number of aliphatic hydroxyl groups excluding tert-OH is 2. The molecule has 4 aliphatic carbocycles. The molecule has 2 aromatic rings. The number of aromatic nitrogens is 1. The highest BCUT2D eigenvalue weighted by Gasteiger charge is 2.79. The summed E-state index contributed by atoms with van der Waals surface area (Å²) in [6.07, 6.45) is 6.32. The molecule has 7 nitrogen and oxygen atoms in total. The van der Waals surface area contributed by atoms with Gasteiger partial charge in [0.25, 0.3) is 0 Å². The molecule has 3 saturated carbocycles. The van der Waals surface area contributed by atoms with Gasteiger partial charge in [-0.15, -0.1) is 0 Å². The smallest absolute Gasteiger partial charge is 0.193 e. The zero-order chi connectivity index (χ0) is 34.2. The summed E-state index contributed by atoms with van der Waals surface area (Å²) in [4.78, 5) is 30.7. The highest BCUT2D eigenvalue weighted by Crippen LogP contribution is 2.72. The van der Waals surface area contributed by atoms with E-state index in [0.29, 0.717) is 36.3 Å². The van der Waals surface area contributed by atoms with E-state index in [-0.39, 0.29) is 24.0 Å². The topological polar surface area (TPSA) is 106 Å². The summed E-state index contributed by atoms with van der Waals surface area (Å²) in [6, 6.07) is 12.7. The minimum Gasteiger partial charge on any atom is -0.390 e. The predicted octanol–water partition coefficient (Wildman–Crippen LogP) is 6.32. The summed E-state index contributed by atoms with van der Waals surface area (Å²) >= 11 is 0. The van der Waals surface area contributed by atoms with Gasteiger partial charge < -0.3 is 19.7 Å². The van der Waals surface area contributed by atoms with Crippen molar-refractivity contribution in [2.45, 2.75) is 109 Å². The molecule has 4 fully saturated rings. The van der Waals surface area contributed by atoms with Gasteiger partial charge in [0, 0.05) is 34.2 Å². The zero-order valence-electron chi connectivity index (χ0n) is 28.6. The van der Waals surface area contributed by atoms with Crippen molar-refractivity contribution >= 4 is 11.6 Å². The van der Waals surface area contributed by atoms with Gasteiger partial charge in [0.2, 0.25) is 0 Å². The van der Waals surface area contributed by atoms with Crippen molar-refractivity contribution in [3.63, 3.8) is 0 Å². The van der Waals surface area contributed by atoms with Crippen molar-refractivity contribution in [3.8, 4) is 0 Å². The van der Waals surface area contributed by atoms with Crippen LogP contribution in [-0.4, -0.2) is 56.8 Å². The molecule has 10 atom stereocenters. The number of carbonyl (C=O) groups is 2. The van der Waals surface area contributed by atoms with Crippen LogP contribution in [0.1, 0.15) is 94.9 Å². The Bertz CT molecular complexity index is 1650. The van der Waals surface area contributed by atoms with Crippen LogP contribution in [0.25, 0.3) is 0 Å². The number of hydrogen-bond donors (Lipinski definition) is 2. The number of rotatable bonds is 8. The van der Waals surface area contributed by atoms with E-state index in [2.05, 4.69) is 45.0 Å². The number of fused-ring (bicyclic) bond motifs is 7. The van der Waals surface area contributed by atoms with Gasteiger partial charge >= 0.3 is 0 Å². The quantitative estimate of drug-likeness (QED) is 0.342. The number of alkyl halides is 1. The van der Waals surface area contributed by atoms with Crippen molar-refractivity contribution < 1.29 is 33.7 Å². The Labute approximate surface area is 282 Å². The maximum Gasteiger partial charge on any atom is 0.193 e. The predicted molar refractivity (Wildman–Crippen MR) is 179 cm³/mol. The van der Waals surface area contributed by atoms with E-state index in [1.165, 1.54) is 23.3 Å². The van der Waals surface area contributed by atoms with Gasteiger partial charge in [-0.2, -0.15) is 0 Å². The number of hydrogen-bond acceptors (Lipinski definition) is 7. The lowest BCUT2D eigenvalue weighted by atomic mass is 9.44. The third-order valence-corrected chi connectivity index (χ3v) is 12.8. The summed E-state index contributed by atoms with van der Waals surface area (Å²) in [5.41, 5.74) is -0.825. The van der Waals surface area contributed by atoms with Gasteiger partial charge in [-0.25, -0.2) is 4.39 Å². The minimum atomic E-state index is -2.03. The van der Waals surface area contributed by atoms with Crippen molar-refractivity contribution in [1.82, 2.24) is 4.98 Å². The molecule has 5 aliphatic rings. The molecule has 1 aromatic heterocycles. The lowest BCUT2D eigenvalue weighted by Crippen LogP contribution is -2.69. The third-order valence-electron chi connectivity index (χ3n) is 12.8. The number of Topliss-reactive ketones (excluding diaryl/α,β-unsaturated/α-hetero) is 1. The molecule has 1 aliphatic heterocycles. The van der Waals surface area contributed by atoms with E-state index in [4.69, 9.17) is 14.5 Å². The van der Waals surface area contributed by atoms with E-state index in [0.717, 1.165) is 18.5 Å². The monoisotopic (exact) mass is 657 g/mol. The average molecular weight is 658 g/mol. The van der Waals surface area contributed by atoms with Gasteiger partial charge in [-0.05, 0) is 92.5 Å². The molecular weight excluding hydrogens is 609 g/mol. The van der Waals surface area contributed by atoms with Crippen LogP contribution in [0.3, 0.4) is 0 Å². The Morgan fingerprint density at radius 2 is 1.83 bits per heavy atom. The Morgan fingerprint density at radius 1 is 1.08 bits per heavy atom. The maximum absolute atomic E-state index is 17.6. The normalized spacial score (nSPS) is 39.0. The largest absolute Gasteiger partial charge is 0.390 e. The number of ether oxygens (including phenoxy) is 2. The van der Waals surface area contributed by atoms with Crippen LogP contribution < -0.4 is 0 Å². The average Bonchev–Trinajstić information content (AvgIpc) is 3.55. The number of aliphatic hydroxyl groups is 2. The summed E-state index contributed by atoms with van der Waals surface area (Å²) in [5, 5.41) is 22.0. The maximum atomic E-state index is 17.6. The first-order valence-electron chi connectivity index (χ1n) is 17.6. The van der Waals surface area contributed by atoms with E-state index in [9.17, 15) is 19.8 Å². The number of allylic oxidation sites excluding steroid dienone is 4. The van der Waals surface area contributed by atoms with E-state index in [1.807, 2.05) is 19.1 Å². The van der Waals surface area contributed by atoms with Crippen LogP contribution >= 0.6 is 0 Å². The summed E-state index contributed by atoms with van der Waals surface area (Å²) in [6.45, 7) is 9.55. The van der Waals surface area contributed by atoms with Crippen LogP contribution in [0, 0.1) is 28.6 Å². The van der Waals surface area contributed by atoms with Gasteiger partial charge in [-0.1, -0.05) is 69.7 Å². The highest BCUT2D eigenvalue weighted by atomic mass is 19.1. The number of nitrogens with zero attached hydrogens (tertiary/aromatic N) is 1. The second kappa shape index (κ2) is 11.8. The first-order chi connectivity index (χ1) is 22.8. The number of pyridine rings is 1. The van der Waals surface area contributed by atoms with Crippen LogP contribution in [-0.2, 0) is 31.9 Å². The molecule has 0 spiro atoms. The van der Waals surface area contributed by atoms with Gasteiger partial charge in [-0.3, -0.25) is 14.6 Å². The fourth-order valence-electron chi connectivity index (χ4n) is 10.3. The van der Waals surface area contributed by atoms with Crippen LogP contribution in [0.4, 0.5) is 4.39 Å². The molecule has 0 unspecified atom stereocenters. The lowest BCUT2D eigenvalue weighted by molar-refractivity contribution is -0.231. The molecule has 48 heavy (non-hydrogen) atoms. The highest BCUT2D eigenvalue weighted by molar-refractivity contribution is 6.01. The Hall–Kier alpha value is -3.04. The molecular formula is C40H48FNO6. The molecule has 1 saturated heterocycles. The van der Waals surface area contributed by atoms with E-state index >= 15 is 4.39 Å². The van der Waals surface area contributed by atoms with Gasteiger partial charge in [0.05, 0.1) is 12.2 Å². The Balaban J connectivity index is 1.12. The summed E-state index contributed by atoms with van der Waals surface area (Å²) in [5.74, 6) is -0.738. The molecule has 0 radical (unpaired) electrons. The van der Waals surface area contributed by atoms with Crippen molar-refractivity contribution in [2.75, 3.05) is 6.61 Å². The molecule has 0 bridgehead atoms. The molecule has 0 amide bonds. The van der Waals surface area contributed by atoms with Gasteiger partial charge in [0.15, 0.2) is 29.1 Å². The SMILES string of the molecule is CC(C)Cc1ccc([C@@H](C)Cc2ccc([C@@H]3O[C@@H]4C[C@H]5[C@@H]6CCC7=CC(=O)C=C[C@]7(C)[C@@]6(F)[C@@H](O)C[C@]5(C)[C@]4(C(=O)CO)O3)cn2)cc1. The van der Waals surface area contributed by atoms with E-state index < -0.39 is 58.9 Å². The molecule has 1 aromatic carbocycles. The second-order valence-corrected chi connectivity index (χ2v) is 15.9. The minimum absolute atomic E-state index is 0.0405. The lowest BCUT2D eigenvalue weighted by Gasteiger charge is -2.62. The standard InChI is InChI=1S/C40H48FNO6/c1-23(2)16-25-6-8-26(9-7-25)24(3)17-29-12-10-27(21-42-29)36-47-35-19-32-31-13-11-28-18-30(44)14-15-37(28,4)39(31,41)33(45)20-38(32,5)40(35,48-36)34(46)22-43/h6-10,12,14-15,18,21,23-24,31-33,35-36,43,45H,11,13,16-17,19-20,22H2,1-5H3/t24-,31-,32-,33-,35+,36+,37-,38-,39-,40+/m0/s1. The number of halogens is 1. The summed E-state index contributed by atoms with van der Waals surface area (Å²) < 4.78 is 30.8. The fourth-order valence-corrected chi connectivity index (χ4v) is 10.3. The number of ketones is 2. The number of benzene rings is 1. The van der Waals surface area contributed by atoms with E-state index in [1.54, 1.807) is 19.2 Å². The molecule has 8 heteroatoms. The third kappa shape index (κ3) is 4.77. The number of carbonyl (C=O) groups excluding carboxylic acids is 2. The molecule has 2 N–H and O–H groups in total. The van der Waals surface area contributed by atoms with Crippen LogP contribution in [0.2, 0.25) is 0 Å². The van der Waals surface area contributed by atoms with Crippen LogP contribution in [0.15, 0.2) is 66.4 Å². The fraction of sp³-hybridized carbons (Fsp3) is 0.575. The van der Waals surface area contributed by atoms with Crippen LogP contribution in [0.5, 0.6) is 0 Å². The first kappa shape index (κ1) is 33.5. The Kier molecular flexibility index (Phi) is 8.22. The zero-order valence-corrected chi connectivity index (χ0v) is 28.6. The first-order valence-corrected chi connectivity index (χ1v) is 17.6. The second-order valence-electron chi connectivity index (χ2n) is 15.9. The molecule has 7 rings (SSSR count). The van der Waals surface area contributed by atoms with Crippen molar-refractivity contribution in [1.29, 1.82) is 0 Å². The Morgan fingerprint density at radius 3 is 2.50 bits per heavy atom. The van der Waals surface area contributed by atoms with Gasteiger partial charge in [0.1, 0.15) is 6.61 Å². The molecule has 256 valence electrons. The van der Waals surface area contributed by atoms with Crippen molar-refractivity contribution in [3.05, 3.63) is 88.8 Å².